The standard InChI is InChI=1S/C18H21NO4S/c1-14-6-3-7-15(12-14)8-5-11-19-24(21,22)17-10-4-9-16(13-17)18(20)23-2/h3-4,6-7,9-10,12-13,19H,5,8,11H2,1-2H3. The number of hydrogen-bond acceptors (Lipinski definition) is 4. The molecule has 128 valence electrons. The molecule has 0 spiro atoms. The van der Waals surface area contributed by atoms with Gasteiger partial charge in [0.15, 0.2) is 0 Å². The van der Waals surface area contributed by atoms with E-state index in [2.05, 4.69) is 15.5 Å². The highest BCUT2D eigenvalue weighted by atomic mass is 32.2. The zero-order chi connectivity index (χ0) is 17.6. The van der Waals surface area contributed by atoms with E-state index in [4.69, 9.17) is 0 Å². The summed E-state index contributed by atoms with van der Waals surface area (Å²) in [6, 6.07) is 13.9. The summed E-state index contributed by atoms with van der Waals surface area (Å²) in [7, 11) is -2.39. The van der Waals surface area contributed by atoms with Crippen LogP contribution < -0.4 is 4.72 Å². The second-order valence-corrected chi connectivity index (χ2v) is 7.28. The molecule has 0 heterocycles. The summed E-state index contributed by atoms with van der Waals surface area (Å²) in [6.45, 7) is 2.36. The number of rotatable bonds is 7. The number of methoxy groups -OCH3 is 1. The SMILES string of the molecule is COC(=O)c1cccc(S(=O)(=O)NCCCc2cccc(C)c2)c1. The Labute approximate surface area is 142 Å². The van der Waals surface area contributed by atoms with E-state index < -0.39 is 16.0 Å². The summed E-state index contributed by atoms with van der Waals surface area (Å²) in [5, 5.41) is 0. The van der Waals surface area contributed by atoms with Crippen molar-refractivity contribution >= 4 is 16.0 Å². The average Bonchev–Trinajstić information content (AvgIpc) is 2.58. The van der Waals surface area contributed by atoms with Gasteiger partial charge in [-0.15, -0.1) is 0 Å². The Morgan fingerprint density at radius 3 is 2.58 bits per heavy atom. The van der Waals surface area contributed by atoms with Crippen molar-refractivity contribution in [2.24, 2.45) is 0 Å². The van der Waals surface area contributed by atoms with Gasteiger partial charge in [0.2, 0.25) is 10.0 Å². The van der Waals surface area contributed by atoms with E-state index in [0.29, 0.717) is 13.0 Å². The van der Waals surface area contributed by atoms with Crippen LogP contribution in [0.5, 0.6) is 0 Å². The summed E-state index contributed by atoms with van der Waals surface area (Å²) < 4.78 is 31.8. The number of aryl methyl sites for hydroxylation is 2. The van der Waals surface area contributed by atoms with E-state index in [9.17, 15) is 13.2 Å². The van der Waals surface area contributed by atoms with Crippen LogP contribution in [0.4, 0.5) is 0 Å². The van der Waals surface area contributed by atoms with E-state index >= 15 is 0 Å². The molecule has 5 nitrogen and oxygen atoms in total. The molecule has 2 aromatic rings. The van der Waals surface area contributed by atoms with Gasteiger partial charge in [0.05, 0.1) is 17.6 Å². The van der Waals surface area contributed by atoms with Crippen LogP contribution in [0, 0.1) is 6.92 Å². The number of benzene rings is 2. The Bertz CT molecular complexity index is 815. The fourth-order valence-electron chi connectivity index (χ4n) is 2.36. The van der Waals surface area contributed by atoms with Crippen molar-refractivity contribution in [3.8, 4) is 0 Å². The first kappa shape index (κ1) is 18.2. The first-order chi connectivity index (χ1) is 11.4. The third-order valence-corrected chi connectivity index (χ3v) is 5.04. The number of sulfonamides is 1. The third-order valence-electron chi connectivity index (χ3n) is 3.58. The van der Waals surface area contributed by atoms with Crippen LogP contribution in [-0.2, 0) is 21.2 Å². The molecular weight excluding hydrogens is 326 g/mol. The minimum Gasteiger partial charge on any atom is -0.465 e. The van der Waals surface area contributed by atoms with Crippen molar-refractivity contribution in [2.75, 3.05) is 13.7 Å². The second-order valence-electron chi connectivity index (χ2n) is 5.51. The molecule has 0 unspecified atom stereocenters. The molecule has 0 aliphatic carbocycles. The van der Waals surface area contributed by atoms with Crippen LogP contribution in [0.15, 0.2) is 53.4 Å². The van der Waals surface area contributed by atoms with Gasteiger partial charge in [0, 0.05) is 6.54 Å². The first-order valence-electron chi connectivity index (χ1n) is 7.66. The van der Waals surface area contributed by atoms with Crippen LogP contribution in [-0.4, -0.2) is 28.0 Å². The molecule has 0 saturated carbocycles. The number of carbonyl (C=O) groups excluding carboxylic acids is 1. The Hall–Kier alpha value is -2.18. The lowest BCUT2D eigenvalue weighted by atomic mass is 10.1. The van der Waals surface area contributed by atoms with Gasteiger partial charge in [-0.1, -0.05) is 35.9 Å². The predicted octanol–water partition coefficient (Wildman–Crippen LogP) is 2.69. The van der Waals surface area contributed by atoms with Crippen LogP contribution in [0.2, 0.25) is 0 Å². The average molecular weight is 347 g/mol. The number of esters is 1. The Morgan fingerprint density at radius 2 is 1.88 bits per heavy atom. The topological polar surface area (TPSA) is 72.5 Å². The fourth-order valence-corrected chi connectivity index (χ4v) is 3.48. The van der Waals surface area contributed by atoms with Gasteiger partial charge >= 0.3 is 5.97 Å². The monoisotopic (exact) mass is 347 g/mol. The molecular formula is C18H21NO4S. The van der Waals surface area contributed by atoms with Crippen LogP contribution in [0.3, 0.4) is 0 Å². The Balaban J connectivity index is 1.95. The van der Waals surface area contributed by atoms with Gasteiger partial charge in [0.25, 0.3) is 0 Å². The molecule has 6 heteroatoms. The predicted molar refractivity (Wildman–Crippen MR) is 92.5 cm³/mol. The molecule has 24 heavy (non-hydrogen) atoms. The van der Waals surface area contributed by atoms with Gasteiger partial charge in [0.1, 0.15) is 0 Å². The van der Waals surface area contributed by atoms with Gasteiger partial charge in [-0.05, 0) is 43.5 Å². The van der Waals surface area contributed by atoms with Crippen LogP contribution in [0.25, 0.3) is 0 Å². The number of ether oxygens (including phenoxy) is 1. The highest BCUT2D eigenvalue weighted by molar-refractivity contribution is 7.89. The van der Waals surface area contributed by atoms with Gasteiger partial charge < -0.3 is 4.74 Å². The largest absolute Gasteiger partial charge is 0.465 e. The van der Waals surface area contributed by atoms with E-state index in [1.807, 2.05) is 25.1 Å². The molecule has 0 radical (unpaired) electrons. The summed E-state index contributed by atoms with van der Waals surface area (Å²) in [5.74, 6) is -0.563. The zero-order valence-electron chi connectivity index (χ0n) is 13.8. The summed E-state index contributed by atoms with van der Waals surface area (Å²) >= 11 is 0. The number of nitrogens with one attached hydrogen (secondary N) is 1. The van der Waals surface area contributed by atoms with Crippen molar-refractivity contribution in [3.63, 3.8) is 0 Å². The van der Waals surface area contributed by atoms with Crippen molar-refractivity contribution in [1.29, 1.82) is 0 Å². The van der Waals surface area contributed by atoms with Crippen LogP contribution >= 0.6 is 0 Å². The molecule has 0 amide bonds. The zero-order valence-corrected chi connectivity index (χ0v) is 14.6. The molecule has 0 saturated heterocycles. The lowest BCUT2D eigenvalue weighted by Crippen LogP contribution is -2.25. The minimum atomic E-state index is -3.64. The lowest BCUT2D eigenvalue weighted by molar-refractivity contribution is 0.0600. The molecule has 0 atom stereocenters. The van der Waals surface area contributed by atoms with Crippen molar-refractivity contribution in [1.82, 2.24) is 4.72 Å². The molecule has 1 N–H and O–H groups in total. The maximum Gasteiger partial charge on any atom is 0.337 e. The van der Waals surface area contributed by atoms with Crippen molar-refractivity contribution in [3.05, 3.63) is 65.2 Å². The van der Waals surface area contributed by atoms with E-state index in [-0.39, 0.29) is 10.5 Å². The molecule has 2 rings (SSSR count). The highest BCUT2D eigenvalue weighted by Gasteiger charge is 2.15. The molecule has 0 aliphatic heterocycles. The van der Waals surface area contributed by atoms with E-state index in [1.54, 1.807) is 0 Å². The Kier molecular flexibility index (Phi) is 6.11. The van der Waals surface area contributed by atoms with Crippen LogP contribution in [0.1, 0.15) is 27.9 Å². The quantitative estimate of drug-likeness (QED) is 0.617. The van der Waals surface area contributed by atoms with Crippen molar-refractivity contribution < 1.29 is 17.9 Å². The van der Waals surface area contributed by atoms with Gasteiger partial charge in [-0.2, -0.15) is 0 Å². The summed E-state index contributed by atoms with van der Waals surface area (Å²) in [4.78, 5) is 11.6. The molecule has 0 bridgehead atoms. The molecule has 0 aliphatic rings. The molecule has 0 fully saturated rings. The van der Waals surface area contributed by atoms with Gasteiger partial charge in [-0.3, -0.25) is 0 Å². The number of hydrogen-bond donors (Lipinski definition) is 1. The molecule has 0 aromatic heterocycles. The van der Waals surface area contributed by atoms with E-state index in [1.165, 1.54) is 42.5 Å². The summed E-state index contributed by atoms with van der Waals surface area (Å²) in [6.07, 6.45) is 1.49. The second kappa shape index (κ2) is 8.08. The first-order valence-corrected chi connectivity index (χ1v) is 9.14. The molecule has 2 aromatic carbocycles. The highest BCUT2D eigenvalue weighted by Crippen LogP contribution is 2.13. The smallest absolute Gasteiger partial charge is 0.337 e. The maximum atomic E-state index is 12.3. The lowest BCUT2D eigenvalue weighted by Gasteiger charge is -2.08. The maximum absolute atomic E-state index is 12.3. The van der Waals surface area contributed by atoms with Crippen molar-refractivity contribution in [2.45, 2.75) is 24.7 Å². The normalized spacial score (nSPS) is 11.2. The van der Waals surface area contributed by atoms with E-state index in [0.717, 1.165) is 6.42 Å². The van der Waals surface area contributed by atoms with Gasteiger partial charge in [-0.25, -0.2) is 17.9 Å². The fraction of sp³-hybridized carbons (Fsp3) is 0.278. The summed E-state index contributed by atoms with van der Waals surface area (Å²) in [5.41, 5.74) is 2.58. The Morgan fingerprint density at radius 1 is 1.12 bits per heavy atom. The third kappa shape index (κ3) is 4.91. The number of carbonyl (C=O) groups is 1. The minimum absolute atomic E-state index is 0.0564.